The number of hydrogen-bond donors (Lipinski definition) is 3. The lowest BCUT2D eigenvalue weighted by Crippen LogP contribution is -2.48. The lowest BCUT2D eigenvalue weighted by molar-refractivity contribution is -0.126. The lowest BCUT2D eigenvalue weighted by Gasteiger charge is -2.29. The minimum absolute atomic E-state index is 0.117. The normalized spacial score (nSPS) is 25.4. The van der Waals surface area contributed by atoms with E-state index in [1.54, 1.807) is 0 Å². The smallest absolute Gasteiger partial charge is 0.237 e. The van der Waals surface area contributed by atoms with Crippen LogP contribution in [0.2, 0.25) is 0 Å². The molecule has 1 aromatic rings. The highest BCUT2D eigenvalue weighted by atomic mass is 19.1. The van der Waals surface area contributed by atoms with Crippen LogP contribution in [-0.2, 0) is 4.79 Å². The van der Waals surface area contributed by atoms with Gasteiger partial charge in [-0.25, -0.2) is 9.82 Å². The summed E-state index contributed by atoms with van der Waals surface area (Å²) in [6.45, 7) is 3.58. The maximum absolute atomic E-state index is 13.2. The van der Waals surface area contributed by atoms with Crippen molar-refractivity contribution in [1.82, 2.24) is 21.1 Å². The summed E-state index contributed by atoms with van der Waals surface area (Å²) in [5, 5.41) is 3.18. The van der Waals surface area contributed by atoms with Crippen molar-refractivity contribution in [2.45, 2.75) is 50.7 Å². The van der Waals surface area contributed by atoms with Gasteiger partial charge in [-0.3, -0.25) is 15.1 Å². The number of nitrogens with one attached hydrogen (secondary N) is 3. The highest BCUT2D eigenvalue weighted by Crippen LogP contribution is 2.26. The van der Waals surface area contributed by atoms with Gasteiger partial charge in [0, 0.05) is 25.0 Å². The van der Waals surface area contributed by atoms with Crippen LogP contribution in [0.1, 0.15) is 44.2 Å². The van der Waals surface area contributed by atoms with Gasteiger partial charge in [-0.1, -0.05) is 25.0 Å². The molecule has 0 radical (unpaired) electrons. The first-order chi connectivity index (χ1) is 12.0. The van der Waals surface area contributed by atoms with Crippen molar-refractivity contribution in [2.24, 2.45) is 5.92 Å². The Hall–Kier alpha value is -1.50. The van der Waals surface area contributed by atoms with Crippen LogP contribution in [0.15, 0.2) is 24.3 Å². The summed E-state index contributed by atoms with van der Waals surface area (Å²) in [6.07, 6.45) is 4.64. The summed E-state index contributed by atoms with van der Waals surface area (Å²) in [6, 6.07) is 6.95. The fourth-order valence-electron chi connectivity index (χ4n) is 3.85. The van der Waals surface area contributed by atoms with E-state index in [-0.39, 0.29) is 23.8 Å². The van der Waals surface area contributed by atoms with Crippen molar-refractivity contribution in [3.05, 3.63) is 35.6 Å². The Labute approximate surface area is 149 Å². The predicted molar refractivity (Wildman–Crippen MR) is 96.3 cm³/mol. The number of hydrogen-bond acceptors (Lipinski definition) is 4. The van der Waals surface area contributed by atoms with Gasteiger partial charge in [0.2, 0.25) is 5.91 Å². The zero-order valence-electron chi connectivity index (χ0n) is 15.1. The third kappa shape index (κ3) is 4.57. The molecule has 1 heterocycles. The predicted octanol–water partition coefficient (Wildman–Crippen LogP) is 1.97. The molecule has 1 aliphatic carbocycles. The average molecular weight is 348 g/mol. The maximum Gasteiger partial charge on any atom is 0.237 e. The van der Waals surface area contributed by atoms with Gasteiger partial charge in [0.05, 0.1) is 12.1 Å². The first kappa shape index (κ1) is 18.3. The van der Waals surface area contributed by atoms with Crippen molar-refractivity contribution in [3.63, 3.8) is 0 Å². The molecule has 1 saturated heterocycles. The molecule has 0 bridgehead atoms. The van der Waals surface area contributed by atoms with E-state index in [9.17, 15) is 9.18 Å². The molecular formula is C19H29FN4O. The zero-order chi connectivity index (χ0) is 17.8. The second-order valence-corrected chi connectivity index (χ2v) is 7.42. The number of amides is 1. The SMILES string of the molecule is CC(C(=O)NC1CCCC1)N(C)CC1CNNC1c1ccc(F)cc1. The Balaban J connectivity index is 1.56. The Bertz CT molecular complexity index is 573. The molecule has 0 spiro atoms. The van der Waals surface area contributed by atoms with Crippen LogP contribution in [0, 0.1) is 11.7 Å². The highest BCUT2D eigenvalue weighted by molar-refractivity contribution is 5.81. The number of carbonyl (C=O) groups is 1. The number of nitrogens with zero attached hydrogens (tertiary/aromatic N) is 1. The molecule has 3 unspecified atom stereocenters. The molecule has 1 aliphatic heterocycles. The summed E-state index contributed by atoms with van der Waals surface area (Å²) in [4.78, 5) is 14.6. The van der Waals surface area contributed by atoms with Crippen molar-refractivity contribution in [3.8, 4) is 0 Å². The second-order valence-electron chi connectivity index (χ2n) is 7.42. The number of likely N-dealkylation sites (N-methyl/N-ethyl adjacent to an activating group) is 1. The highest BCUT2D eigenvalue weighted by Gasteiger charge is 2.31. The van der Waals surface area contributed by atoms with Gasteiger partial charge in [-0.05, 0) is 44.5 Å². The maximum atomic E-state index is 13.2. The van der Waals surface area contributed by atoms with E-state index in [2.05, 4.69) is 21.1 Å². The number of rotatable bonds is 6. The number of hydrazine groups is 1. The molecule has 138 valence electrons. The van der Waals surface area contributed by atoms with Gasteiger partial charge < -0.3 is 5.32 Å². The monoisotopic (exact) mass is 348 g/mol. The van der Waals surface area contributed by atoms with E-state index in [1.807, 2.05) is 26.1 Å². The molecule has 0 aromatic heterocycles. The molecular weight excluding hydrogens is 319 g/mol. The van der Waals surface area contributed by atoms with Crippen LogP contribution in [-0.4, -0.2) is 43.0 Å². The molecule has 5 nitrogen and oxygen atoms in total. The zero-order valence-corrected chi connectivity index (χ0v) is 15.1. The van der Waals surface area contributed by atoms with Crippen molar-refractivity contribution in [2.75, 3.05) is 20.1 Å². The Morgan fingerprint density at radius 3 is 2.68 bits per heavy atom. The van der Waals surface area contributed by atoms with E-state index in [0.717, 1.165) is 31.5 Å². The molecule has 6 heteroatoms. The summed E-state index contributed by atoms with van der Waals surface area (Å²) >= 11 is 0. The van der Waals surface area contributed by atoms with Gasteiger partial charge in [-0.2, -0.15) is 0 Å². The van der Waals surface area contributed by atoms with E-state index in [0.29, 0.717) is 12.0 Å². The first-order valence-electron chi connectivity index (χ1n) is 9.29. The molecule has 3 atom stereocenters. The molecule has 2 aliphatic rings. The minimum atomic E-state index is -0.222. The van der Waals surface area contributed by atoms with Gasteiger partial charge >= 0.3 is 0 Å². The van der Waals surface area contributed by atoms with Gasteiger partial charge in [0.25, 0.3) is 0 Å². The van der Waals surface area contributed by atoms with Crippen molar-refractivity contribution < 1.29 is 9.18 Å². The van der Waals surface area contributed by atoms with Crippen molar-refractivity contribution in [1.29, 1.82) is 0 Å². The van der Waals surface area contributed by atoms with Crippen LogP contribution < -0.4 is 16.2 Å². The van der Waals surface area contributed by atoms with Crippen molar-refractivity contribution >= 4 is 5.91 Å². The fraction of sp³-hybridized carbons (Fsp3) is 0.632. The number of halogens is 1. The second kappa shape index (κ2) is 8.25. The van der Waals surface area contributed by atoms with Crippen LogP contribution in [0.5, 0.6) is 0 Å². The van der Waals surface area contributed by atoms with Crippen LogP contribution in [0.25, 0.3) is 0 Å². The third-order valence-electron chi connectivity index (χ3n) is 5.59. The largest absolute Gasteiger partial charge is 0.352 e. The Morgan fingerprint density at radius 1 is 1.32 bits per heavy atom. The van der Waals surface area contributed by atoms with Crippen LogP contribution in [0.3, 0.4) is 0 Å². The first-order valence-corrected chi connectivity index (χ1v) is 9.29. The standard InChI is InChI=1S/C19H29FN4O/c1-13(19(25)22-17-5-3-4-6-17)24(2)12-15-11-21-23-18(15)14-7-9-16(20)10-8-14/h7-10,13,15,17-18,21,23H,3-6,11-12H2,1-2H3,(H,22,25). The number of benzene rings is 1. The number of carbonyl (C=O) groups excluding carboxylic acids is 1. The Kier molecular flexibility index (Phi) is 6.04. The molecule has 3 N–H and O–H groups in total. The van der Waals surface area contributed by atoms with Gasteiger partial charge in [0.1, 0.15) is 5.82 Å². The van der Waals surface area contributed by atoms with E-state index in [4.69, 9.17) is 0 Å². The molecule has 1 saturated carbocycles. The van der Waals surface area contributed by atoms with E-state index < -0.39 is 0 Å². The topological polar surface area (TPSA) is 56.4 Å². The molecule has 1 aromatic carbocycles. The van der Waals surface area contributed by atoms with Crippen LogP contribution >= 0.6 is 0 Å². The third-order valence-corrected chi connectivity index (χ3v) is 5.59. The van der Waals surface area contributed by atoms with E-state index >= 15 is 0 Å². The lowest BCUT2D eigenvalue weighted by atomic mass is 9.94. The quantitative estimate of drug-likeness (QED) is 0.736. The molecule has 1 amide bonds. The summed E-state index contributed by atoms with van der Waals surface area (Å²) in [5.41, 5.74) is 7.53. The summed E-state index contributed by atoms with van der Waals surface area (Å²) < 4.78 is 13.2. The van der Waals surface area contributed by atoms with Crippen LogP contribution in [0.4, 0.5) is 4.39 Å². The minimum Gasteiger partial charge on any atom is -0.352 e. The summed E-state index contributed by atoms with van der Waals surface area (Å²) in [5.74, 6) is 0.212. The van der Waals surface area contributed by atoms with Gasteiger partial charge in [0.15, 0.2) is 0 Å². The van der Waals surface area contributed by atoms with E-state index in [1.165, 1.54) is 25.0 Å². The summed E-state index contributed by atoms with van der Waals surface area (Å²) in [7, 11) is 2.00. The molecule has 3 rings (SSSR count). The Morgan fingerprint density at radius 2 is 2.00 bits per heavy atom. The average Bonchev–Trinajstić information content (AvgIpc) is 3.27. The molecule has 2 fully saturated rings. The molecule has 25 heavy (non-hydrogen) atoms. The fourth-order valence-corrected chi connectivity index (χ4v) is 3.85. The van der Waals surface area contributed by atoms with Gasteiger partial charge in [-0.15, -0.1) is 0 Å².